The number of alkyl carbamates (subject to hydrolysis) is 1. The predicted octanol–water partition coefficient (Wildman–Crippen LogP) is 3.13. The van der Waals surface area contributed by atoms with Crippen LogP contribution in [0.2, 0.25) is 0 Å². The van der Waals surface area contributed by atoms with Crippen LogP contribution in [0.4, 0.5) is 23.8 Å². The molecule has 9 heteroatoms. The van der Waals surface area contributed by atoms with Gasteiger partial charge in [0.2, 0.25) is 0 Å². The Morgan fingerprint density at radius 3 is 2.76 bits per heavy atom. The first-order valence-electron chi connectivity index (χ1n) is 7.92. The van der Waals surface area contributed by atoms with E-state index in [0.29, 0.717) is 25.3 Å². The van der Waals surface area contributed by atoms with Crippen molar-refractivity contribution in [3.63, 3.8) is 0 Å². The smallest absolute Gasteiger partial charge is 0.422 e. The number of carbonyl (C=O) groups is 1. The average molecular weight is 361 g/mol. The first-order valence-corrected chi connectivity index (χ1v) is 7.92. The Bertz CT molecular complexity index is 602. The number of aromatic nitrogens is 1. The molecule has 0 aliphatic carbocycles. The first kappa shape index (κ1) is 19.1. The summed E-state index contributed by atoms with van der Waals surface area (Å²) in [5.41, 5.74) is -0.575. The molecule has 1 aliphatic heterocycles. The molecule has 2 heterocycles. The van der Waals surface area contributed by atoms with Gasteiger partial charge in [-0.1, -0.05) is 0 Å². The van der Waals surface area contributed by atoms with Gasteiger partial charge in [-0.15, -0.1) is 0 Å². The highest BCUT2D eigenvalue weighted by Crippen LogP contribution is 2.24. The zero-order valence-corrected chi connectivity index (χ0v) is 14.4. The minimum Gasteiger partial charge on any atom is -0.484 e. The SMILES string of the molecule is CC(C)(C)OC(=O)N[C@@H]1CCN(c2cc(OCC(F)(F)F)ccn2)C1. The summed E-state index contributed by atoms with van der Waals surface area (Å²) >= 11 is 0. The van der Waals surface area contributed by atoms with Crippen molar-refractivity contribution in [1.29, 1.82) is 0 Å². The Kier molecular flexibility index (Phi) is 5.64. The van der Waals surface area contributed by atoms with E-state index in [9.17, 15) is 18.0 Å². The number of nitrogens with one attached hydrogen (secondary N) is 1. The van der Waals surface area contributed by atoms with Gasteiger partial charge in [-0.05, 0) is 33.3 Å². The van der Waals surface area contributed by atoms with Gasteiger partial charge in [0, 0.05) is 25.4 Å². The second-order valence-electron chi connectivity index (χ2n) is 6.83. The van der Waals surface area contributed by atoms with Gasteiger partial charge < -0.3 is 19.7 Å². The van der Waals surface area contributed by atoms with Crippen LogP contribution < -0.4 is 15.0 Å². The number of hydrogen-bond acceptors (Lipinski definition) is 5. The van der Waals surface area contributed by atoms with Crippen LogP contribution in [0.25, 0.3) is 0 Å². The molecule has 0 spiro atoms. The molecule has 0 saturated carbocycles. The van der Waals surface area contributed by atoms with Crippen molar-refractivity contribution >= 4 is 11.9 Å². The van der Waals surface area contributed by atoms with Gasteiger partial charge in [-0.25, -0.2) is 9.78 Å². The highest BCUT2D eigenvalue weighted by molar-refractivity contribution is 5.68. The highest BCUT2D eigenvalue weighted by Gasteiger charge is 2.29. The Morgan fingerprint density at radius 2 is 2.12 bits per heavy atom. The number of carbonyl (C=O) groups excluding carboxylic acids is 1. The number of ether oxygens (including phenoxy) is 2. The Morgan fingerprint density at radius 1 is 1.40 bits per heavy atom. The molecule has 25 heavy (non-hydrogen) atoms. The molecule has 0 radical (unpaired) electrons. The van der Waals surface area contributed by atoms with Gasteiger partial charge in [-0.2, -0.15) is 13.2 Å². The van der Waals surface area contributed by atoms with Gasteiger partial charge in [0.1, 0.15) is 17.2 Å². The molecule has 1 aliphatic rings. The zero-order chi connectivity index (χ0) is 18.7. The van der Waals surface area contributed by atoms with E-state index >= 15 is 0 Å². The van der Waals surface area contributed by atoms with Gasteiger partial charge in [0.05, 0.1) is 6.04 Å². The summed E-state index contributed by atoms with van der Waals surface area (Å²) in [6.07, 6.45) is -2.79. The predicted molar refractivity (Wildman–Crippen MR) is 85.8 cm³/mol. The second kappa shape index (κ2) is 7.37. The molecule has 0 bridgehead atoms. The maximum atomic E-state index is 12.2. The fourth-order valence-corrected chi connectivity index (χ4v) is 2.39. The number of alkyl halides is 3. The minimum atomic E-state index is -4.39. The third-order valence-corrected chi connectivity index (χ3v) is 3.35. The third-order valence-electron chi connectivity index (χ3n) is 3.35. The summed E-state index contributed by atoms with van der Waals surface area (Å²) in [6, 6.07) is 2.72. The van der Waals surface area contributed by atoms with Crippen LogP contribution in [-0.4, -0.2) is 48.6 Å². The van der Waals surface area contributed by atoms with Crippen molar-refractivity contribution in [1.82, 2.24) is 10.3 Å². The lowest BCUT2D eigenvalue weighted by Crippen LogP contribution is -2.40. The Balaban J connectivity index is 1.90. The van der Waals surface area contributed by atoms with Crippen LogP contribution in [-0.2, 0) is 4.74 Å². The molecule has 1 aromatic heterocycles. The fraction of sp³-hybridized carbons (Fsp3) is 0.625. The maximum Gasteiger partial charge on any atom is 0.422 e. The molecule has 0 aromatic carbocycles. The number of rotatable bonds is 4. The molecule has 1 aromatic rings. The van der Waals surface area contributed by atoms with Crippen LogP contribution in [0.15, 0.2) is 18.3 Å². The molecule has 6 nitrogen and oxygen atoms in total. The lowest BCUT2D eigenvalue weighted by molar-refractivity contribution is -0.153. The molecule has 1 saturated heterocycles. The Labute approximate surface area is 144 Å². The molecular formula is C16H22F3N3O3. The van der Waals surface area contributed by atoms with Crippen molar-refractivity contribution in [3.05, 3.63) is 18.3 Å². The van der Waals surface area contributed by atoms with E-state index in [0.717, 1.165) is 0 Å². The summed E-state index contributed by atoms with van der Waals surface area (Å²) in [5.74, 6) is 0.610. The molecule has 1 amide bonds. The van der Waals surface area contributed by atoms with Gasteiger partial charge in [0.15, 0.2) is 6.61 Å². The van der Waals surface area contributed by atoms with E-state index in [1.807, 2.05) is 4.90 Å². The molecule has 140 valence electrons. The van der Waals surface area contributed by atoms with E-state index in [2.05, 4.69) is 10.3 Å². The van der Waals surface area contributed by atoms with Crippen molar-refractivity contribution in [2.45, 2.75) is 45.0 Å². The topological polar surface area (TPSA) is 63.7 Å². The number of pyridine rings is 1. The average Bonchev–Trinajstić information content (AvgIpc) is 2.91. The second-order valence-corrected chi connectivity index (χ2v) is 6.83. The maximum absolute atomic E-state index is 12.2. The van der Waals surface area contributed by atoms with Crippen molar-refractivity contribution in [3.8, 4) is 5.75 Å². The van der Waals surface area contributed by atoms with Crippen LogP contribution in [0.1, 0.15) is 27.2 Å². The van der Waals surface area contributed by atoms with Gasteiger partial charge in [0.25, 0.3) is 0 Å². The van der Waals surface area contributed by atoms with Gasteiger partial charge >= 0.3 is 12.3 Å². The van der Waals surface area contributed by atoms with E-state index < -0.39 is 24.5 Å². The van der Waals surface area contributed by atoms with E-state index in [4.69, 9.17) is 9.47 Å². The molecule has 1 fully saturated rings. The first-order chi connectivity index (χ1) is 11.5. The molecule has 0 unspecified atom stereocenters. The zero-order valence-electron chi connectivity index (χ0n) is 14.4. The van der Waals surface area contributed by atoms with E-state index in [-0.39, 0.29) is 11.8 Å². The van der Waals surface area contributed by atoms with Crippen molar-refractivity contribution in [2.75, 3.05) is 24.6 Å². The normalized spacial score (nSPS) is 18.2. The fourth-order valence-electron chi connectivity index (χ4n) is 2.39. The highest BCUT2D eigenvalue weighted by atomic mass is 19.4. The Hall–Kier alpha value is -2.19. The standard InChI is InChI=1S/C16H22F3N3O3/c1-15(2,3)25-14(23)21-11-5-7-22(9-11)13-8-12(4-6-20-13)24-10-16(17,18)19/h4,6,8,11H,5,7,9-10H2,1-3H3,(H,21,23)/t11-/m1/s1. The molecule has 2 rings (SSSR count). The minimum absolute atomic E-state index is 0.103. The molecule has 1 N–H and O–H groups in total. The number of nitrogens with zero attached hydrogens (tertiary/aromatic N) is 2. The summed E-state index contributed by atoms with van der Waals surface area (Å²) in [7, 11) is 0. The summed E-state index contributed by atoms with van der Waals surface area (Å²) in [5, 5.41) is 2.78. The van der Waals surface area contributed by atoms with Crippen LogP contribution >= 0.6 is 0 Å². The number of amides is 1. The summed E-state index contributed by atoms with van der Waals surface area (Å²) < 4.78 is 46.6. The summed E-state index contributed by atoms with van der Waals surface area (Å²) in [4.78, 5) is 17.8. The lowest BCUT2D eigenvalue weighted by Gasteiger charge is -2.22. The largest absolute Gasteiger partial charge is 0.484 e. The number of halogens is 3. The lowest BCUT2D eigenvalue weighted by atomic mass is 10.2. The number of hydrogen-bond donors (Lipinski definition) is 1. The van der Waals surface area contributed by atoms with Crippen molar-refractivity contribution in [2.24, 2.45) is 0 Å². The summed E-state index contributed by atoms with van der Waals surface area (Å²) in [6.45, 7) is 5.11. The monoisotopic (exact) mass is 361 g/mol. The van der Waals surface area contributed by atoms with Crippen LogP contribution in [0.3, 0.4) is 0 Å². The molecule has 1 atom stereocenters. The van der Waals surface area contributed by atoms with E-state index in [1.165, 1.54) is 18.3 Å². The van der Waals surface area contributed by atoms with Gasteiger partial charge in [-0.3, -0.25) is 0 Å². The van der Waals surface area contributed by atoms with Crippen molar-refractivity contribution < 1.29 is 27.4 Å². The van der Waals surface area contributed by atoms with Crippen LogP contribution in [0, 0.1) is 0 Å². The molecular weight excluding hydrogens is 339 g/mol. The van der Waals surface area contributed by atoms with Crippen LogP contribution in [0.5, 0.6) is 5.75 Å². The van der Waals surface area contributed by atoms with E-state index in [1.54, 1.807) is 20.8 Å². The number of anilines is 1. The quantitative estimate of drug-likeness (QED) is 0.893. The third kappa shape index (κ3) is 6.67.